The van der Waals surface area contributed by atoms with Crippen molar-refractivity contribution in [2.45, 2.75) is 49.8 Å². The van der Waals surface area contributed by atoms with Crippen molar-refractivity contribution in [2.75, 3.05) is 0 Å². The van der Waals surface area contributed by atoms with Gasteiger partial charge in [-0.25, -0.2) is 0 Å². The molecular formula is C14H19Cl2NO. The molecule has 0 radical (unpaired) electrons. The second-order valence-electron chi connectivity index (χ2n) is 5.77. The highest BCUT2D eigenvalue weighted by molar-refractivity contribution is 6.31. The summed E-state index contributed by atoms with van der Waals surface area (Å²) in [4.78, 5) is 0. The van der Waals surface area contributed by atoms with Crippen molar-refractivity contribution in [3.8, 4) is 0 Å². The normalized spacial score (nSPS) is 35.3. The van der Waals surface area contributed by atoms with Crippen molar-refractivity contribution in [2.24, 2.45) is 0 Å². The van der Waals surface area contributed by atoms with Gasteiger partial charge in [0.05, 0.1) is 6.10 Å². The lowest BCUT2D eigenvalue weighted by Gasteiger charge is -2.32. The van der Waals surface area contributed by atoms with Crippen LogP contribution >= 0.6 is 24.0 Å². The van der Waals surface area contributed by atoms with E-state index in [2.05, 4.69) is 12.2 Å². The Labute approximate surface area is 119 Å². The maximum atomic E-state index is 10.6. The SMILES string of the molecule is CC12CCC([C@@H](O)c3ccccc3Cl)(CC1)N2.Cl. The second-order valence-corrected chi connectivity index (χ2v) is 6.17. The van der Waals surface area contributed by atoms with Crippen LogP contribution in [0.1, 0.15) is 44.3 Å². The van der Waals surface area contributed by atoms with E-state index in [-0.39, 0.29) is 23.5 Å². The van der Waals surface area contributed by atoms with Crippen molar-refractivity contribution in [3.05, 3.63) is 34.9 Å². The summed E-state index contributed by atoms with van der Waals surface area (Å²) in [6.45, 7) is 2.25. The number of aliphatic hydroxyl groups is 1. The van der Waals surface area contributed by atoms with Gasteiger partial charge in [0.1, 0.15) is 0 Å². The fourth-order valence-corrected chi connectivity index (χ4v) is 3.67. The largest absolute Gasteiger partial charge is 0.386 e. The first kappa shape index (κ1) is 14.1. The highest BCUT2D eigenvalue weighted by Gasteiger charge is 2.55. The van der Waals surface area contributed by atoms with Gasteiger partial charge in [-0.15, -0.1) is 12.4 Å². The Hall–Kier alpha value is -0.280. The zero-order chi connectivity index (χ0) is 12.1. The van der Waals surface area contributed by atoms with Crippen LogP contribution in [0.5, 0.6) is 0 Å². The third-order valence-electron chi connectivity index (χ3n) is 4.52. The molecular weight excluding hydrogens is 269 g/mol. The van der Waals surface area contributed by atoms with Crippen LogP contribution in [0.15, 0.2) is 24.3 Å². The van der Waals surface area contributed by atoms with E-state index in [9.17, 15) is 5.11 Å². The molecule has 0 aliphatic carbocycles. The molecule has 0 aromatic heterocycles. The quantitative estimate of drug-likeness (QED) is 0.873. The van der Waals surface area contributed by atoms with Gasteiger partial charge < -0.3 is 10.4 Å². The van der Waals surface area contributed by atoms with E-state index in [1.807, 2.05) is 24.3 Å². The molecule has 18 heavy (non-hydrogen) atoms. The summed E-state index contributed by atoms with van der Waals surface area (Å²) in [6, 6.07) is 7.61. The van der Waals surface area contributed by atoms with E-state index >= 15 is 0 Å². The van der Waals surface area contributed by atoms with Crippen molar-refractivity contribution >= 4 is 24.0 Å². The van der Waals surface area contributed by atoms with E-state index in [0.29, 0.717) is 5.02 Å². The van der Waals surface area contributed by atoms with E-state index in [4.69, 9.17) is 11.6 Å². The number of hydrogen-bond acceptors (Lipinski definition) is 2. The molecule has 2 saturated heterocycles. The molecule has 1 aromatic rings. The summed E-state index contributed by atoms with van der Waals surface area (Å²) in [5, 5.41) is 14.9. The molecule has 100 valence electrons. The van der Waals surface area contributed by atoms with Gasteiger partial charge >= 0.3 is 0 Å². The summed E-state index contributed by atoms with van der Waals surface area (Å²) in [5.74, 6) is 0. The molecule has 2 N–H and O–H groups in total. The third-order valence-corrected chi connectivity index (χ3v) is 4.86. The van der Waals surface area contributed by atoms with E-state index in [1.165, 1.54) is 0 Å². The average Bonchev–Trinajstić information content (AvgIpc) is 2.83. The molecule has 1 aromatic carbocycles. The lowest BCUT2D eigenvalue weighted by molar-refractivity contribution is 0.0738. The lowest BCUT2D eigenvalue weighted by Crippen LogP contribution is -2.45. The van der Waals surface area contributed by atoms with Crippen molar-refractivity contribution in [1.82, 2.24) is 5.32 Å². The summed E-state index contributed by atoms with van der Waals surface area (Å²) < 4.78 is 0. The van der Waals surface area contributed by atoms with Crippen molar-refractivity contribution in [3.63, 3.8) is 0 Å². The van der Waals surface area contributed by atoms with E-state index in [1.54, 1.807) is 0 Å². The first-order valence-electron chi connectivity index (χ1n) is 6.27. The van der Waals surface area contributed by atoms with Gasteiger partial charge in [-0.3, -0.25) is 0 Å². The van der Waals surface area contributed by atoms with Gasteiger partial charge in [-0.2, -0.15) is 0 Å². The standard InChI is InChI=1S/C14H18ClNO.ClH/c1-13-6-8-14(16-13,9-7-13)12(17)10-4-2-3-5-11(10)15;/h2-5,12,16-17H,6-9H2,1H3;1H/t12-,13?,14?;/m0./s1. The predicted octanol–water partition coefficient (Wildman–Crippen LogP) is 3.47. The summed E-state index contributed by atoms with van der Waals surface area (Å²) >= 11 is 6.18. The Morgan fingerprint density at radius 3 is 2.33 bits per heavy atom. The van der Waals surface area contributed by atoms with Gasteiger partial charge in [0.15, 0.2) is 0 Å². The molecule has 0 unspecified atom stereocenters. The number of aliphatic hydroxyl groups excluding tert-OH is 1. The molecule has 2 heterocycles. The van der Waals surface area contributed by atoms with Crippen molar-refractivity contribution < 1.29 is 5.11 Å². The number of hydrogen-bond donors (Lipinski definition) is 2. The van der Waals surface area contributed by atoms with Gasteiger partial charge in [0.25, 0.3) is 0 Å². The third kappa shape index (κ3) is 2.05. The maximum absolute atomic E-state index is 10.6. The van der Waals surface area contributed by atoms with Crippen LogP contribution in [0, 0.1) is 0 Å². The minimum Gasteiger partial charge on any atom is -0.386 e. The molecule has 1 atom stereocenters. The Morgan fingerprint density at radius 2 is 1.83 bits per heavy atom. The highest BCUT2D eigenvalue weighted by Crippen LogP contribution is 2.50. The van der Waals surface area contributed by atoms with Gasteiger partial charge in [-0.05, 0) is 38.7 Å². The smallest absolute Gasteiger partial charge is 0.0986 e. The summed E-state index contributed by atoms with van der Waals surface area (Å²) in [7, 11) is 0. The molecule has 0 saturated carbocycles. The Kier molecular flexibility index (Phi) is 3.67. The molecule has 0 spiro atoms. The fourth-order valence-electron chi connectivity index (χ4n) is 3.44. The monoisotopic (exact) mass is 287 g/mol. The number of rotatable bonds is 2. The first-order valence-corrected chi connectivity index (χ1v) is 6.64. The zero-order valence-corrected chi connectivity index (χ0v) is 12.0. The Bertz CT molecular complexity index is 441. The number of halogens is 2. The van der Waals surface area contributed by atoms with E-state index in [0.717, 1.165) is 31.2 Å². The van der Waals surface area contributed by atoms with Crippen LogP contribution in [0.25, 0.3) is 0 Å². The molecule has 4 heteroatoms. The molecule has 3 rings (SSSR count). The zero-order valence-electron chi connectivity index (χ0n) is 10.4. The Balaban J connectivity index is 0.00000120. The molecule has 2 aliphatic heterocycles. The summed E-state index contributed by atoms with van der Waals surface area (Å²) in [6.07, 6.45) is 3.87. The molecule has 2 fully saturated rings. The fraction of sp³-hybridized carbons (Fsp3) is 0.571. The van der Waals surface area contributed by atoms with E-state index < -0.39 is 6.10 Å². The average molecular weight is 288 g/mol. The molecule has 2 nitrogen and oxygen atoms in total. The van der Waals surface area contributed by atoms with Crippen LogP contribution in [-0.4, -0.2) is 16.2 Å². The molecule has 2 aliphatic rings. The maximum Gasteiger partial charge on any atom is 0.0986 e. The van der Waals surface area contributed by atoms with Gasteiger partial charge in [0.2, 0.25) is 0 Å². The van der Waals surface area contributed by atoms with Gasteiger partial charge in [-0.1, -0.05) is 29.8 Å². The topological polar surface area (TPSA) is 32.3 Å². The van der Waals surface area contributed by atoms with Crippen LogP contribution in [-0.2, 0) is 0 Å². The number of nitrogens with one attached hydrogen (secondary N) is 1. The number of fused-ring (bicyclic) bond motifs is 2. The number of benzene rings is 1. The molecule has 2 bridgehead atoms. The first-order chi connectivity index (χ1) is 8.05. The van der Waals surface area contributed by atoms with Gasteiger partial charge in [0, 0.05) is 21.7 Å². The predicted molar refractivity (Wildman–Crippen MR) is 76.4 cm³/mol. The van der Waals surface area contributed by atoms with Crippen LogP contribution in [0.2, 0.25) is 5.02 Å². The van der Waals surface area contributed by atoms with Crippen LogP contribution in [0.4, 0.5) is 0 Å². The highest BCUT2D eigenvalue weighted by atomic mass is 35.5. The Morgan fingerprint density at radius 1 is 1.22 bits per heavy atom. The van der Waals surface area contributed by atoms with Crippen LogP contribution < -0.4 is 5.32 Å². The van der Waals surface area contributed by atoms with Crippen molar-refractivity contribution in [1.29, 1.82) is 0 Å². The second kappa shape index (κ2) is 4.68. The minimum absolute atomic E-state index is 0. The lowest BCUT2D eigenvalue weighted by atomic mass is 9.78. The molecule has 0 amide bonds. The van der Waals surface area contributed by atoms with Crippen LogP contribution in [0.3, 0.4) is 0 Å². The summed E-state index contributed by atoms with van der Waals surface area (Å²) in [5.41, 5.74) is 0.926. The minimum atomic E-state index is -0.500.